The Morgan fingerprint density at radius 2 is 1.61 bits per heavy atom. The molecule has 2 aliphatic heterocycles. The van der Waals surface area contributed by atoms with E-state index in [0.29, 0.717) is 25.2 Å². The van der Waals surface area contributed by atoms with Crippen molar-refractivity contribution in [2.24, 2.45) is 0 Å². The van der Waals surface area contributed by atoms with Gasteiger partial charge in [-0.3, -0.25) is 9.69 Å². The van der Waals surface area contributed by atoms with Crippen molar-refractivity contribution in [2.45, 2.75) is 36.6 Å². The van der Waals surface area contributed by atoms with Crippen molar-refractivity contribution >= 4 is 27.5 Å². The maximum absolute atomic E-state index is 13.0. The summed E-state index contributed by atoms with van der Waals surface area (Å²) in [7, 11) is -3.70. The predicted molar refractivity (Wildman–Crippen MR) is 122 cm³/mol. The molecule has 1 atom stereocenters. The molecule has 4 rings (SSSR count). The van der Waals surface area contributed by atoms with E-state index >= 15 is 0 Å². The lowest BCUT2D eigenvalue weighted by atomic mass is 10.1. The van der Waals surface area contributed by atoms with E-state index in [1.807, 2.05) is 18.2 Å². The quantitative estimate of drug-likeness (QED) is 0.682. The van der Waals surface area contributed by atoms with Crippen molar-refractivity contribution in [2.75, 3.05) is 32.7 Å². The second-order valence-corrected chi connectivity index (χ2v) is 10.4. The van der Waals surface area contributed by atoms with Crippen LogP contribution < -0.4 is 5.32 Å². The Kier molecular flexibility index (Phi) is 6.96. The third kappa shape index (κ3) is 4.95. The predicted octanol–water partition coefficient (Wildman–Crippen LogP) is 3.69. The first kappa shape index (κ1) is 22.3. The zero-order chi connectivity index (χ0) is 21.8. The fraction of sp³-hybridized carbons (Fsp3) is 0.435. The first-order chi connectivity index (χ1) is 15.0. The second-order valence-electron chi connectivity index (χ2n) is 8.14. The van der Waals surface area contributed by atoms with E-state index in [1.54, 1.807) is 6.07 Å². The molecule has 0 aromatic heterocycles. The van der Waals surface area contributed by atoms with E-state index in [0.717, 1.165) is 44.3 Å². The van der Waals surface area contributed by atoms with Crippen molar-refractivity contribution in [3.05, 3.63) is 64.7 Å². The largest absolute Gasteiger partial charge is 0.350 e. The molecule has 0 radical (unpaired) electrons. The summed E-state index contributed by atoms with van der Waals surface area (Å²) in [4.78, 5) is 15.3. The molecule has 2 saturated heterocycles. The number of likely N-dealkylation sites (tertiary alicyclic amines) is 1. The minimum absolute atomic E-state index is 0.00266. The fourth-order valence-electron chi connectivity index (χ4n) is 4.39. The van der Waals surface area contributed by atoms with Crippen molar-refractivity contribution in [1.82, 2.24) is 14.5 Å². The summed E-state index contributed by atoms with van der Waals surface area (Å²) in [5, 5.41) is 3.15. The SMILES string of the molecule is O=C(NCC(c1ccccc1)N1CCCC1)c1ccc(Cl)c(S(=O)(=O)N2CCCC2)c1. The minimum Gasteiger partial charge on any atom is -0.350 e. The Morgan fingerprint density at radius 3 is 2.29 bits per heavy atom. The van der Waals surface area contributed by atoms with Crippen LogP contribution in [0, 0.1) is 0 Å². The summed E-state index contributed by atoms with van der Waals surface area (Å²) in [5.41, 5.74) is 1.47. The number of benzene rings is 2. The number of carbonyl (C=O) groups is 1. The zero-order valence-corrected chi connectivity index (χ0v) is 19.0. The summed E-state index contributed by atoms with van der Waals surface area (Å²) in [6, 6.07) is 14.7. The lowest BCUT2D eigenvalue weighted by Crippen LogP contribution is -2.37. The van der Waals surface area contributed by atoms with Gasteiger partial charge in [0.1, 0.15) is 4.90 Å². The number of hydrogen-bond donors (Lipinski definition) is 1. The van der Waals surface area contributed by atoms with Crippen LogP contribution in [0.25, 0.3) is 0 Å². The van der Waals surface area contributed by atoms with Gasteiger partial charge in [0.15, 0.2) is 0 Å². The van der Waals surface area contributed by atoms with E-state index < -0.39 is 10.0 Å². The Hall–Kier alpha value is -1.93. The Balaban J connectivity index is 1.51. The summed E-state index contributed by atoms with van der Waals surface area (Å²) in [6.45, 7) is 3.45. The number of sulfonamides is 1. The molecule has 0 spiro atoms. The molecule has 8 heteroatoms. The maximum atomic E-state index is 13.0. The number of hydrogen-bond acceptors (Lipinski definition) is 4. The molecule has 1 unspecified atom stereocenters. The molecule has 1 N–H and O–H groups in total. The Bertz CT molecular complexity index is 1020. The van der Waals surface area contributed by atoms with Crippen LogP contribution in [-0.4, -0.2) is 56.3 Å². The maximum Gasteiger partial charge on any atom is 0.251 e. The molecule has 2 heterocycles. The molecule has 6 nitrogen and oxygen atoms in total. The van der Waals surface area contributed by atoms with Crippen LogP contribution in [0.5, 0.6) is 0 Å². The number of halogens is 1. The molecule has 0 saturated carbocycles. The van der Waals surface area contributed by atoms with Crippen LogP contribution in [0.3, 0.4) is 0 Å². The van der Waals surface area contributed by atoms with Gasteiger partial charge in [0, 0.05) is 25.2 Å². The average Bonchev–Trinajstić information content (AvgIpc) is 3.50. The summed E-state index contributed by atoms with van der Waals surface area (Å²) < 4.78 is 27.4. The van der Waals surface area contributed by atoms with Gasteiger partial charge < -0.3 is 5.32 Å². The third-order valence-electron chi connectivity index (χ3n) is 6.10. The summed E-state index contributed by atoms with van der Waals surface area (Å²) >= 11 is 6.21. The highest BCUT2D eigenvalue weighted by Gasteiger charge is 2.30. The lowest BCUT2D eigenvalue weighted by molar-refractivity contribution is 0.0937. The van der Waals surface area contributed by atoms with Crippen LogP contribution in [0.4, 0.5) is 0 Å². The van der Waals surface area contributed by atoms with Gasteiger partial charge in [0.25, 0.3) is 5.91 Å². The highest BCUT2D eigenvalue weighted by atomic mass is 35.5. The second kappa shape index (κ2) is 9.69. The van der Waals surface area contributed by atoms with Gasteiger partial charge in [-0.15, -0.1) is 0 Å². The third-order valence-corrected chi connectivity index (χ3v) is 8.48. The van der Waals surface area contributed by atoms with Gasteiger partial charge in [-0.25, -0.2) is 8.42 Å². The van der Waals surface area contributed by atoms with Crippen LogP contribution in [0.15, 0.2) is 53.4 Å². The smallest absolute Gasteiger partial charge is 0.251 e. The average molecular weight is 462 g/mol. The summed E-state index contributed by atoms with van der Waals surface area (Å²) in [6.07, 6.45) is 4.00. The number of nitrogens with zero attached hydrogens (tertiary/aromatic N) is 2. The van der Waals surface area contributed by atoms with Crippen molar-refractivity contribution < 1.29 is 13.2 Å². The molecule has 2 aromatic carbocycles. The standard InChI is InChI=1S/C23H28ClN3O3S/c24-20-11-10-19(16-22(20)31(29,30)27-14-6-7-15-27)23(28)25-17-21(26-12-4-5-13-26)18-8-2-1-3-9-18/h1-3,8-11,16,21H,4-7,12-15,17H2,(H,25,28). The van der Waals surface area contributed by atoms with Crippen molar-refractivity contribution in [3.8, 4) is 0 Å². The number of rotatable bonds is 7. The fourth-order valence-corrected chi connectivity index (χ4v) is 6.40. The first-order valence-electron chi connectivity index (χ1n) is 10.8. The normalized spacial score (nSPS) is 18.9. The zero-order valence-electron chi connectivity index (χ0n) is 17.5. The number of nitrogens with one attached hydrogen (secondary N) is 1. The topological polar surface area (TPSA) is 69.7 Å². The molecular weight excluding hydrogens is 434 g/mol. The van der Waals surface area contributed by atoms with Gasteiger partial charge in [-0.05, 0) is 62.5 Å². The Morgan fingerprint density at radius 1 is 0.968 bits per heavy atom. The Labute approximate surface area is 189 Å². The highest BCUT2D eigenvalue weighted by molar-refractivity contribution is 7.89. The first-order valence-corrected chi connectivity index (χ1v) is 12.7. The van der Waals surface area contributed by atoms with Gasteiger partial charge in [-0.2, -0.15) is 4.31 Å². The molecule has 31 heavy (non-hydrogen) atoms. The molecule has 0 aliphatic carbocycles. The van der Waals surface area contributed by atoms with Crippen LogP contribution in [0.2, 0.25) is 5.02 Å². The highest BCUT2D eigenvalue weighted by Crippen LogP contribution is 2.28. The van der Waals surface area contributed by atoms with Crippen LogP contribution in [0.1, 0.15) is 47.6 Å². The van der Waals surface area contributed by atoms with Crippen molar-refractivity contribution in [1.29, 1.82) is 0 Å². The number of carbonyl (C=O) groups excluding carboxylic acids is 1. The van der Waals surface area contributed by atoms with Gasteiger partial charge >= 0.3 is 0 Å². The van der Waals surface area contributed by atoms with Crippen LogP contribution >= 0.6 is 11.6 Å². The molecular formula is C23H28ClN3O3S. The van der Waals surface area contributed by atoms with E-state index in [1.165, 1.54) is 16.4 Å². The van der Waals surface area contributed by atoms with Gasteiger partial charge in [0.05, 0.1) is 11.1 Å². The molecule has 2 aromatic rings. The summed E-state index contributed by atoms with van der Waals surface area (Å²) in [5.74, 6) is -0.297. The van der Waals surface area contributed by atoms with Gasteiger partial charge in [-0.1, -0.05) is 41.9 Å². The molecule has 166 valence electrons. The van der Waals surface area contributed by atoms with Crippen LogP contribution in [-0.2, 0) is 10.0 Å². The molecule has 2 aliphatic rings. The van der Waals surface area contributed by atoms with Crippen molar-refractivity contribution in [3.63, 3.8) is 0 Å². The molecule has 2 fully saturated rings. The number of amides is 1. The lowest BCUT2D eigenvalue weighted by Gasteiger charge is -2.28. The minimum atomic E-state index is -3.70. The molecule has 1 amide bonds. The monoisotopic (exact) mass is 461 g/mol. The van der Waals surface area contributed by atoms with E-state index in [2.05, 4.69) is 22.3 Å². The molecule has 0 bridgehead atoms. The van der Waals surface area contributed by atoms with E-state index in [9.17, 15) is 13.2 Å². The van der Waals surface area contributed by atoms with E-state index in [4.69, 9.17) is 11.6 Å². The van der Waals surface area contributed by atoms with E-state index in [-0.39, 0.29) is 21.9 Å². The van der Waals surface area contributed by atoms with Gasteiger partial charge in [0.2, 0.25) is 10.0 Å².